The van der Waals surface area contributed by atoms with Gasteiger partial charge in [0.1, 0.15) is 0 Å². The van der Waals surface area contributed by atoms with Crippen LogP contribution < -0.4 is 11.5 Å². The number of aryl methyl sites for hydroxylation is 2. The van der Waals surface area contributed by atoms with Gasteiger partial charge in [-0.2, -0.15) is 0 Å². The summed E-state index contributed by atoms with van der Waals surface area (Å²) < 4.78 is 0. The molecule has 0 saturated carbocycles. The lowest BCUT2D eigenvalue weighted by Crippen LogP contribution is -2.03. The van der Waals surface area contributed by atoms with Crippen LogP contribution in [0.5, 0.6) is 0 Å². The monoisotopic (exact) mass is 316 g/mol. The van der Waals surface area contributed by atoms with Crippen molar-refractivity contribution in [3.05, 3.63) is 71.8 Å². The van der Waals surface area contributed by atoms with Gasteiger partial charge < -0.3 is 11.5 Å². The molecular formula is C22H24N2. The van der Waals surface area contributed by atoms with Crippen molar-refractivity contribution >= 4 is 11.4 Å². The van der Waals surface area contributed by atoms with Gasteiger partial charge in [0.2, 0.25) is 0 Å². The van der Waals surface area contributed by atoms with Gasteiger partial charge in [0.15, 0.2) is 0 Å². The zero-order chi connectivity index (χ0) is 17.1. The van der Waals surface area contributed by atoms with E-state index in [1.807, 2.05) is 12.1 Å². The first-order valence-corrected chi connectivity index (χ1v) is 8.51. The minimum absolute atomic E-state index is 0.637. The minimum Gasteiger partial charge on any atom is -0.397 e. The Hall–Kier alpha value is -2.74. The van der Waals surface area contributed by atoms with Crippen molar-refractivity contribution in [1.82, 2.24) is 0 Å². The van der Waals surface area contributed by atoms with Crippen molar-refractivity contribution in [2.45, 2.75) is 26.7 Å². The highest BCUT2D eigenvalue weighted by molar-refractivity contribution is 5.97. The summed E-state index contributed by atoms with van der Waals surface area (Å²) in [4.78, 5) is 0. The number of anilines is 2. The van der Waals surface area contributed by atoms with Gasteiger partial charge in [0, 0.05) is 5.56 Å². The van der Waals surface area contributed by atoms with Crippen molar-refractivity contribution < 1.29 is 0 Å². The molecule has 122 valence electrons. The molecule has 0 amide bonds. The van der Waals surface area contributed by atoms with Gasteiger partial charge in [-0.1, -0.05) is 68.4 Å². The van der Waals surface area contributed by atoms with E-state index in [0.29, 0.717) is 11.4 Å². The Balaban J connectivity index is 2.39. The first-order valence-electron chi connectivity index (χ1n) is 8.51. The van der Waals surface area contributed by atoms with Crippen LogP contribution >= 0.6 is 0 Å². The maximum absolute atomic E-state index is 6.47. The summed E-state index contributed by atoms with van der Waals surface area (Å²) in [6.07, 6.45) is 1.93. The molecule has 3 aromatic carbocycles. The molecule has 24 heavy (non-hydrogen) atoms. The lowest BCUT2D eigenvalue weighted by atomic mass is 9.85. The van der Waals surface area contributed by atoms with Crippen LogP contribution in [0.1, 0.15) is 25.0 Å². The van der Waals surface area contributed by atoms with Crippen LogP contribution in [0.4, 0.5) is 11.4 Å². The largest absolute Gasteiger partial charge is 0.397 e. The van der Waals surface area contributed by atoms with Gasteiger partial charge in [-0.25, -0.2) is 0 Å². The van der Waals surface area contributed by atoms with Gasteiger partial charge in [-0.3, -0.25) is 0 Å². The third-order valence-electron chi connectivity index (χ3n) is 4.61. The SMILES string of the molecule is CCc1cccc(CC)c1-c1c(-c2ccccc2)ccc(N)c1N. The molecule has 0 aliphatic carbocycles. The second kappa shape index (κ2) is 6.79. The molecule has 0 radical (unpaired) electrons. The molecule has 2 nitrogen and oxygen atoms in total. The topological polar surface area (TPSA) is 52.0 Å². The summed E-state index contributed by atoms with van der Waals surface area (Å²) >= 11 is 0. The molecule has 0 bridgehead atoms. The summed E-state index contributed by atoms with van der Waals surface area (Å²) in [5.41, 5.74) is 21.2. The normalized spacial score (nSPS) is 10.8. The average Bonchev–Trinajstić information content (AvgIpc) is 2.64. The molecular weight excluding hydrogens is 292 g/mol. The molecule has 2 heteroatoms. The average molecular weight is 316 g/mol. The van der Waals surface area contributed by atoms with Crippen LogP contribution in [0.3, 0.4) is 0 Å². The Kier molecular flexibility index (Phi) is 4.57. The van der Waals surface area contributed by atoms with Crippen LogP contribution in [-0.4, -0.2) is 0 Å². The third-order valence-corrected chi connectivity index (χ3v) is 4.61. The maximum atomic E-state index is 6.47. The molecule has 0 aliphatic heterocycles. The summed E-state index contributed by atoms with van der Waals surface area (Å²) in [6, 6.07) is 20.9. The first-order chi connectivity index (χ1) is 11.7. The Bertz CT molecular complexity index is 829. The summed E-state index contributed by atoms with van der Waals surface area (Å²) in [7, 11) is 0. The van der Waals surface area contributed by atoms with E-state index in [9.17, 15) is 0 Å². The molecule has 0 saturated heterocycles. The Morgan fingerprint density at radius 1 is 0.667 bits per heavy atom. The van der Waals surface area contributed by atoms with Crippen molar-refractivity contribution in [1.29, 1.82) is 0 Å². The third kappa shape index (κ3) is 2.76. The van der Waals surface area contributed by atoms with Crippen LogP contribution in [0, 0.1) is 0 Å². The van der Waals surface area contributed by atoms with E-state index in [-0.39, 0.29) is 0 Å². The molecule has 3 rings (SSSR count). The van der Waals surface area contributed by atoms with Crippen molar-refractivity contribution in [3.8, 4) is 22.3 Å². The number of hydrogen-bond acceptors (Lipinski definition) is 2. The standard InChI is InChI=1S/C22H24N2/c1-3-15-11-8-12-16(4-2)20(15)21-18(13-14-19(23)22(21)24)17-9-6-5-7-10-17/h5-14H,3-4,23-24H2,1-2H3. The van der Waals surface area contributed by atoms with E-state index in [4.69, 9.17) is 11.5 Å². The zero-order valence-corrected chi connectivity index (χ0v) is 14.3. The van der Waals surface area contributed by atoms with Gasteiger partial charge in [-0.15, -0.1) is 0 Å². The van der Waals surface area contributed by atoms with E-state index in [0.717, 1.165) is 29.5 Å². The van der Waals surface area contributed by atoms with Crippen LogP contribution in [-0.2, 0) is 12.8 Å². The molecule has 0 aromatic heterocycles. The van der Waals surface area contributed by atoms with Crippen molar-refractivity contribution in [2.75, 3.05) is 11.5 Å². The van der Waals surface area contributed by atoms with Crippen LogP contribution in [0.25, 0.3) is 22.3 Å². The van der Waals surface area contributed by atoms with Gasteiger partial charge in [-0.05, 0) is 46.7 Å². The molecule has 3 aromatic rings. The van der Waals surface area contributed by atoms with Crippen LogP contribution in [0.2, 0.25) is 0 Å². The predicted molar refractivity (Wildman–Crippen MR) is 105 cm³/mol. The molecule has 0 atom stereocenters. The van der Waals surface area contributed by atoms with Crippen molar-refractivity contribution in [2.24, 2.45) is 0 Å². The van der Waals surface area contributed by atoms with Gasteiger partial charge in [0.25, 0.3) is 0 Å². The van der Waals surface area contributed by atoms with E-state index in [1.165, 1.54) is 16.7 Å². The quantitative estimate of drug-likeness (QED) is 0.641. The molecule has 0 spiro atoms. The molecule has 0 aliphatic rings. The summed E-state index contributed by atoms with van der Waals surface area (Å²) in [5, 5.41) is 0. The molecule has 0 fully saturated rings. The van der Waals surface area contributed by atoms with Crippen LogP contribution in [0.15, 0.2) is 60.7 Å². The fourth-order valence-corrected chi connectivity index (χ4v) is 3.33. The molecule has 0 heterocycles. The Labute approximate surface area is 144 Å². The summed E-state index contributed by atoms with van der Waals surface area (Å²) in [5.74, 6) is 0. The molecule has 4 N–H and O–H groups in total. The number of benzene rings is 3. The van der Waals surface area contributed by atoms with E-state index in [2.05, 4.69) is 62.4 Å². The first kappa shape index (κ1) is 16.1. The highest BCUT2D eigenvalue weighted by Crippen LogP contribution is 2.42. The van der Waals surface area contributed by atoms with Gasteiger partial charge in [0.05, 0.1) is 11.4 Å². The zero-order valence-electron chi connectivity index (χ0n) is 14.3. The summed E-state index contributed by atoms with van der Waals surface area (Å²) in [6.45, 7) is 4.37. The lowest BCUT2D eigenvalue weighted by Gasteiger charge is -2.20. The highest BCUT2D eigenvalue weighted by atomic mass is 14.7. The van der Waals surface area contributed by atoms with E-state index < -0.39 is 0 Å². The fourth-order valence-electron chi connectivity index (χ4n) is 3.33. The Morgan fingerprint density at radius 3 is 1.88 bits per heavy atom. The number of nitrogens with two attached hydrogens (primary N) is 2. The highest BCUT2D eigenvalue weighted by Gasteiger charge is 2.18. The van der Waals surface area contributed by atoms with Gasteiger partial charge >= 0.3 is 0 Å². The number of hydrogen-bond donors (Lipinski definition) is 2. The van der Waals surface area contributed by atoms with E-state index in [1.54, 1.807) is 0 Å². The predicted octanol–water partition coefficient (Wildman–Crippen LogP) is 5.31. The van der Waals surface area contributed by atoms with Crippen molar-refractivity contribution in [3.63, 3.8) is 0 Å². The number of nitrogen functional groups attached to an aromatic ring is 2. The molecule has 0 unspecified atom stereocenters. The second-order valence-electron chi connectivity index (χ2n) is 6.02. The minimum atomic E-state index is 0.637. The van der Waals surface area contributed by atoms with E-state index >= 15 is 0 Å². The fraction of sp³-hybridized carbons (Fsp3) is 0.182. The lowest BCUT2D eigenvalue weighted by molar-refractivity contribution is 1.09. The maximum Gasteiger partial charge on any atom is 0.0633 e. The number of rotatable bonds is 4. The second-order valence-corrected chi connectivity index (χ2v) is 6.02. The smallest absolute Gasteiger partial charge is 0.0633 e. The Morgan fingerprint density at radius 2 is 1.29 bits per heavy atom.